The van der Waals surface area contributed by atoms with Crippen LogP contribution in [0.25, 0.3) is 0 Å². The highest BCUT2D eigenvalue weighted by atomic mass is 35.5. The summed E-state index contributed by atoms with van der Waals surface area (Å²) in [6, 6.07) is 1.69. The molecule has 0 fully saturated rings. The summed E-state index contributed by atoms with van der Waals surface area (Å²) in [5.41, 5.74) is -1.09. The fourth-order valence-electron chi connectivity index (χ4n) is 1.31. The highest BCUT2D eigenvalue weighted by Gasteiger charge is 2.31. The third kappa shape index (κ3) is 4.91. The third-order valence-electron chi connectivity index (χ3n) is 2.40. The molecule has 0 aliphatic rings. The predicted molar refractivity (Wildman–Crippen MR) is 69.8 cm³/mol. The molecule has 0 aromatic heterocycles. The molecule has 1 unspecified atom stereocenters. The molecular formula is C12H12ClF3N2O3. The van der Waals surface area contributed by atoms with Crippen LogP contribution in [0, 0.1) is 0 Å². The summed E-state index contributed by atoms with van der Waals surface area (Å²) in [6.45, 7) is 1.11. The van der Waals surface area contributed by atoms with E-state index < -0.39 is 29.6 Å². The first-order chi connectivity index (χ1) is 9.65. The Morgan fingerprint density at radius 3 is 2.43 bits per heavy atom. The maximum absolute atomic E-state index is 12.4. The lowest BCUT2D eigenvalue weighted by atomic mass is 10.2. The van der Waals surface area contributed by atoms with Gasteiger partial charge < -0.3 is 15.7 Å². The molecule has 3 N–H and O–H groups in total. The van der Waals surface area contributed by atoms with E-state index in [1.165, 1.54) is 6.92 Å². The molecule has 0 radical (unpaired) electrons. The molecule has 1 atom stereocenters. The Hall–Kier alpha value is -1.80. The monoisotopic (exact) mass is 324 g/mol. The van der Waals surface area contributed by atoms with Crippen molar-refractivity contribution < 1.29 is 27.9 Å². The van der Waals surface area contributed by atoms with Gasteiger partial charge in [0.05, 0.1) is 22.9 Å². The van der Waals surface area contributed by atoms with Gasteiger partial charge in [0.1, 0.15) is 0 Å². The van der Waals surface area contributed by atoms with Crippen molar-refractivity contribution in [2.45, 2.75) is 19.1 Å². The number of carbonyl (C=O) groups excluding carboxylic acids is 2. The van der Waals surface area contributed by atoms with Gasteiger partial charge in [0.15, 0.2) is 0 Å². The molecule has 0 heterocycles. The fourth-order valence-corrected chi connectivity index (χ4v) is 1.53. The SMILES string of the molecule is CC(CO)NC(=O)C(=O)Nc1ccc(C(F)(F)F)cc1Cl. The van der Waals surface area contributed by atoms with Crippen molar-refractivity contribution in [1.29, 1.82) is 0 Å². The minimum Gasteiger partial charge on any atom is -0.394 e. The van der Waals surface area contributed by atoms with Crippen molar-refractivity contribution in [2.24, 2.45) is 0 Å². The quantitative estimate of drug-likeness (QED) is 0.742. The lowest BCUT2D eigenvalue weighted by molar-refractivity contribution is -0.137. The summed E-state index contributed by atoms with van der Waals surface area (Å²) in [7, 11) is 0. The van der Waals surface area contributed by atoms with Crippen molar-refractivity contribution in [1.82, 2.24) is 5.32 Å². The zero-order valence-electron chi connectivity index (χ0n) is 10.8. The number of alkyl halides is 3. The average molecular weight is 325 g/mol. The highest BCUT2D eigenvalue weighted by Crippen LogP contribution is 2.33. The Balaban J connectivity index is 2.80. The number of carbonyl (C=O) groups is 2. The summed E-state index contributed by atoms with van der Waals surface area (Å²) in [4.78, 5) is 22.9. The van der Waals surface area contributed by atoms with Gasteiger partial charge in [0.25, 0.3) is 0 Å². The minimum atomic E-state index is -4.56. The van der Waals surface area contributed by atoms with Gasteiger partial charge in [-0.25, -0.2) is 0 Å². The summed E-state index contributed by atoms with van der Waals surface area (Å²) in [5.74, 6) is -2.13. The maximum Gasteiger partial charge on any atom is 0.416 e. The second kappa shape index (κ2) is 6.77. The third-order valence-corrected chi connectivity index (χ3v) is 2.71. The largest absolute Gasteiger partial charge is 0.416 e. The van der Waals surface area contributed by atoms with Crippen LogP contribution in [0.2, 0.25) is 5.02 Å². The molecule has 0 aliphatic carbocycles. The number of nitrogens with one attached hydrogen (secondary N) is 2. The highest BCUT2D eigenvalue weighted by molar-refractivity contribution is 6.41. The number of hydrogen-bond acceptors (Lipinski definition) is 3. The molecule has 0 spiro atoms. The summed E-state index contributed by atoms with van der Waals surface area (Å²) in [6.07, 6.45) is -4.56. The van der Waals surface area contributed by atoms with Crippen LogP contribution in [0.15, 0.2) is 18.2 Å². The summed E-state index contributed by atoms with van der Waals surface area (Å²) >= 11 is 5.63. The van der Waals surface area contributed by atoms with Crippen molar-refractivity contribution in [3.8, 4) is 0 Å². The number of hydrogen-bond donors (Lipinski definition) is 3. The van der Waals surface area contributed by atoms with E-state index in [9.17, 15) is 22.8 Å². The van der Waals surface area contributed by atoms with Crippen LogP contribution in [0.1, 0.15) is 12.5 Å². The molecule has 21 heavy (non-hydrogen) atoms. The van der Waals surface area contributed by atoms with Crippen molar-refractivity contribution in [3.63, 3.8) is 0 Å². The first-order valence-corrected chi connectivity index (χ1v) is 6.12. The Labute approximate surface area is 123 Å². The molecule has 0 bridgehead atoms. The molecule has 1 rings (SSSR count). The Morgan fingerprint density at radius 2 is 1.95 bits per heavy atom. The normalized spacial score (nSPS) is 12.7. The second-order valence-corrected chi connectivity index (χ2v) is 4.61. The first-order valence-electron chi connectivity index (χ1n) is 5.74. The topological polar surface area (TPSA) is 78.4 Å². The number of benzene rings is 1. The molecule has 0 aliphatic heterocycles. The molecular weight excluding hydrogens is 313 g/mol. The van der Waals surface area contributed by atoms with Crippen LogP contribution in [0.4, 0.5) is 18.9 Å². The lowest BCUT2D eigenvalue weighted by Crippen LogP contribution is -2.42. The minimum absolute atomic E-state index is 0.124. The van der Waals surface area contributed by atoms with Crippen LogP contribution in [-0.2, 0) is 15.8 Å². The number of anilines is 1. The number of rotatable bonds is 3. The van der Waals surface area contributed by atoms with Gasteiger partial charge in [-0.05, 0) is 25.1 Å². The van der Waals surface area contributed by atoms with Gasteiger partial charge in [0, 0.05) is 6.04 Å². The van der Waals surface area contributed by atoms with Gasteiger partial charge in [-0.2, -0.15) is 13.2 Å². The predicted octanol–water partition coefficient (Wildman–Crippen LogP) is 1.79. The lowest BCUT2D eigenvalue weighted by Gasteiger charge is -2.12. The zero-order valence-corrected chi connectivity index (χ0v) is 11.5. The molecule has 116 valence electrons. The van der Waals surface area contributed by atoms with Crippen molar-refractivity contribution in [3.05, 3.63) is 28.8 Å². The average Bonchev–Trinajstić information content (AvgIpc) is 2.39. The van der Waals surface area contributed by atoms with E-state index >= 15 is 0 Å². The zero-order chi connectivity index (χ0) is 16.2. The van der Waals surface area contributed by atoms with E-state index in [0.717, 1.165) is 12.1 Å². The Bertz CT molecular complexity index is 549. The molecule has 0 saturated heterocycles. The number of amides is 2. The standard InChI is InChI=1S/C12H12ClF3N2O3/c1-6(5-19)17-10(20)11(21)18-9-3-2-7(4-8(9)13)12(14,15)16/h2-4,6,19H,5H2,1H3,(H,17,20)(H,18,21). The number of halogens is 4. The summed E-state index contributed by atoms with van der Waals surface area (Å²) in [5, 5.41) is 12.7. The molecule has 5 nitrogen and oxygen atoms in total. The smallest absolute Gasteiger partial charge is 0.394 e. The molecule has 1 aromatic rings. The van der Waals surface area contributed by atoms with Gasteiger partial charge in [0.2, 0.25) is 0 Å². The Kier molecular flexibility index (Phi) is 5.56. The summed E-state index contributed by atoms with van der Waals surface area (Å²) < 4.78 is 37.3. The van der Waals surface area contributed by atoms with Crippen LogP contribution in [-0.4, -0.2) is 29.6 Å². The second-order valence-electron chi connectivity index (χ2n) is 4.20. The number of aliphatic hydroxyl groups excluding tert-OH is 1. The van der Waals surface area contributed by atoms with Crippen LogP contribution >= 0.6 is 11.6 Å². The fraction of sp³-hybridized carbons (Fsp3) is 0.333. The van der Waals surface area contributed by atoms with E-state index in [0.29, 0.717) is 6.07 Å². The van der Waals surface area contributed by atoms with E-state index in [-0.39, 0.29) is 17.3 Å². The molecule has 0 saturated carbocycles. The van der Waals surface area contributed by atoms with E-state index in [4.69, 9.17) is 16.7 Å². The molecule has 2 amide bonds. The van der Waals surface area contributed by atoms with Gasteiger partial charge in [-0.3, -0.25) is 9.59 Å². The van der Waals surface area contributed by atoms with Crippen LogP contribution in [0.3, 0.4) is 0 Å². The van der Waals surface area contributed by atoms with Gasteiger partial charge in [-0.1, -0.05) is 11.6 Å². The van der Waals surface area contributed by atoms with Crippen LogP contribution < -0.4 is 10.6 Å². The van der Waals surface area contributed by atoms with E-state index in [1.54, 1.807) is 0 Å². The van der Waals surface area contributed by atoms with Crippen LogP contribution in [0.5, 0.6) is 0 Å². The van der Waals surface area contributed by atoms with Crippen molar-refractivity contribution >= 4 is 29.1 Å². The number of aliphatic hydroxyl groups is 1. The van der Waals surface area contributed by atoms with Gasteiger partial charge in [-0.15, -0.1) is 0 Å². The molecule has 1 aromatic carbocycles. The first kappa shape index (κ1) is 17.3. The van der Waals surface area contributed by atoms with E-state index in [2.05, 4.69) is 10.6 Å². The van der Waals surface area contributed by atoms with Gasteiger partial charge >= 0.3 is 18.0 Å². The van der Waals surface area contributed by atoms with E-state index in [1.807, 2.05) is 0 Å². The molecule has 9 heteroatoms. The van der Waals surface area contributed by atoms with Crippen molar-refractivity contribution in [2.75, 3.05) is 11.9 Å². The maximum atomic E-state index is 12.4. The Morgan fingerprint density at radius 1 is 1.33 bits per heavy atom.